The fourth-order valence-corrected chi connectivity index (χ4v) is 2.74. The molecule has 24 heavy (non-hydrogen) atoms. The van der Waals surface area contributed by atoms with Crippen LogP contribution in [0.4, 0.5) is 4.79 Å². The minimum absolute atomic E-state index is 0.110. The van der Waals surface area contributed by atoms with Crippen LogP contribution in [0.25, 0.3) is 11.1 Å². The molecule has 1 saturated heterocycles. The minimum Gasteiger partial charge on any atom is -0.447 e. The number of rotatable bonds is 5. The predicted octanol–water partition coefficient (Wildman–Crippen LogP) is 2.81. The average Bonchev–Trinajstić information content (AvgIpc) is 2.95. The normalized spacial score (nSPS) is 16.8. The maximum atomic E-state index is 11.9. The molecule has 124 valence electrons. The monoisotopic (exact) mass is 324 g/mol. The zero-order chi connectivity index (χ0) is 16.9. The van der Waals surface area contributed by atoms with Gasteiger partial charge in [-0.15, -0.1) is 0 Å². The standard InChI is InChI=1S/C19H20N2O3/c1-14(22)20-11-18-13-24-19(23)21(18)12-15-7-9-17(10-8-15)16-5-3-2-4-6-16/h2-10,18H,11-13H2,1H3,(H,20,22). The number of ether oxygens (including phenoxy) is 1. The molecule has 5 heteroatoms. The fourth-order valence-electron chi connectivity index (χ4n) is 2.74. The highest BCUT2D eigenvalue weighted by molar-refractivity contribution is 5.73. The van der Waals surface area contributed by atoms with Gasteiger partial charge in [0.15, 0.2) is 0 Å². The summed E-state index contributed by atoms with van der Waals surface area (Å²) in [4.78, 5) is 24.6. The summed E-state index contributed by atoms with van der Waals surface area (Å²) in [6.45, 7) is 2.65. The van der Waals surface area contributed by atoms with E-state index in [4.69, 9.17) is 4.74 Å². The van der Waals surface area contributed by atoms with Crippen LogP contribution >= 0.6 is 0 Å². The first kappa shape index (κ1) is 16.1. The van der Waals surface area contributed by atoms with Crippen LogP contribution in [0.5, 0.6) is 0 Å². The predicted molar refractivity (Wildman–Crippen MR) is 91.2 cm³/mol. The lowest BCUT2D eigenvalue weighted by atomic mass is 10.0. The third-order valence-corrected chi connectivity index (χ3v) is 4.08. The molecule has 2 amide bonds. The second-order valence-corrected chi connectivity index (χ2v) is 5.86. The van der Waals surface area contributed by atoms with Crippen LogP contribution in [-0.4, -0.2) is 36.1 Å². The third-order valence-electron chi connectivity index (χ3n) is 4.08. The van der Waals surface area contributed by atoms with Crippen LogP contribution in [-0.2, 0) is 16.1 Å². The van der Waals surface area contributed by atoms with Gasteiger partial charge in [0.25, 0.3) is 0 Å². The molecule has 1 aliphatic heterocycles. The van der Waals surface area contributed by atoms with Gasteiger partial charge in [0.05, 0.1) is 6.04 Å². The molecule has 0 spiro atoms. The van der Waals surface area contributed by atoms with Gasteiger partial charge in [-0.2, -0.15) is 0 Å². The molecule has 0 aromatic heterocycles. The number of amides is 2. The Labute approximate surface area is 141 Å². The highest BCUT2D eigenvalue weighted by Crippen LogP contribution is 2.21. The van der Waals surface area contributed by atoms with Crippen molar-refractivity contribution in [3.05, 3.63) is 60.2 Å². The number of carbonyl (C=O) groups is 2. The SMILES string of the molecule is CC(=O)NCC1COC(=O)N1Cc1ccc(-c2ccccc2)cc1. The Balaban J connectivity index is 1.68. The van der Waals surface area contributed by atoms with E-state index >= 15 is 0 Å². The van der Waals surface area contributed by atoms with Gasteiger partial charge in [-0.25, -0.2) is 4.79 Å². The Kier molecular flexibility index (Phi) is 4.79. The van der Waals surface area contributed by atoms with Gasteiger partial charge >= 0.3 is 6.09 Å². The molecule has 3 rings (SSSR count). The second kappa shape index (κ2) is 7.17. The molecule has 2 aromatic carbocycles. The molecule has 1 aliphatic rings. The minimum atomic E-state index is -0.336. The highest BCUT2D eigenvalue weighted by atomic mass is 16.6. The molecule has 1 atom stereocenters. The van der Waals surface area contributed by atoms with Crippen molar-refractivity contribution >= 4 is 12.0 Å². The van der Waals surface area contributed by atoms with Crippen LogP contribution in [0, 0.1) is 0 Å². The summed E-state index contributed by atoms with van der Waals surface area (Å²) < 4.78 is 5.11. The molecular weight excluding hydrogens is 304 g/mol. The highest BCUT2D eigenvalue weighted by Gasteiger charge is 2.32. The summed E-state index contributed by atoms with van der Waals surface area (Å²) in [5.74, 6) is -0.110. The molecule has 0 saturated carbocycles. The third kappa shape index (κ3) is 3.74. The van der Waals surface area contributed by atoms with E-state index in [9.17, 15) is 9.59 Å². The van der Waals surface area contributed by atoms with E-state index < -0.39 is 0 Å². The molecule has 0 radical (unpaired) electrons. The summed E-state index contributed by atoms with van der Waals surface area (Å²) in [5.41, 5.74) is 3.33. The maximum Gasteiger partial charge on any atom is 0.410 e. The molecule has 1 N–H and O–H groups in total. The van der Waals surface area contributed by atoms with E-state index in [1.165, 1.54) is 6.92 Å². The van der Waals surface area contributed by atoms with E-state index in [1.54, 1.807) is 4.90 Å². The number of hydrogen-bond donors (Lipinski definition) is 1. The van der Waals surface area contributed by atoms with Gasteiger partial charge in [0.1, 0.15) is 6.61 Å². The van der Waals surface area contributed by atoms with Crippen LogP contribution in [0.1, 0.15) is 12.5 Å². The summed E-state index contributed by atoms with van der Waals surface area (Å²) in [5, 5.41) is 2.74. The van der Waals surface area contributed by atoms with E-state index in [-0.39, 0.29) is 18.0 Å². The van der Waals surface area contributed by atoms with Crippen molar-refractivity contribution < 1.29 is 14.3 Å². The lowest BCUT2D eigenvalue weighted by Gasteiger charge is -2.21. The Morgan fingerprint density at radius 2 is 1.79 bits per heavy atom. The summed E-state index contributed by atoms with van der Waals surface area (Å²) in [6, 6.07) is 18.1. The van der Waals surface area contributed by atoms with Gasteiger partial charge in [0.2, 0.25) is 5.91 Å². The number of carbonyl (C=O) groups excluding carboxylic acids is 2. The van der Waals surface area contributed by atoms with Crippen molar-refractivity contribution in [2.75, 3.05) is 13.2 Å². The lowest BCUT2D eigenvalue weighted by Crippen LogP contribution is -2.41. The lowest BCUT2D eigenvalue weighted by molar-refractivity contribution is -0.119. The second-order valence-electron chi connectivity index (χ2n) is 5.86. The van der Waals surface area contributed by atoms with Crippen molar-refractivity contribution in [3.8, 4) is 11.1 Å². The Morgan fingerprint density at radius 1 is 1.12 bits per heavy atom. The van der Waals surface area contributed by atoms with Crippen LogP contribution in [0.2, 0.25) is 0 Å². The largest absolute Gasteiger partial charge is 0.447 e. The van der Waals surface area contributed by atoms with Crippen LogP contribution in [0.3, 0.4) is 0 Å². The first-order valence-corrected chi connectivity index (χ1v) is 7.95. The van der Waals surface area contributed by atoms with Crippen molar-refractivity contribution in [2.45, 2.75) is 19.5 Å². The van der Waals surface area contributed by atoms with Gasteiger partial charge in [-0.3, -0.25) is 9.69 Å². The molecule has 1 heterocycles. The number of cyclic esters (lactones) is 1. The van der Waals surface area contributed by atoms with Crippen molar-refractivity contribution in [2.24, 2.45) is 0 Å². The van der Waals surface area contributed by atoms with Crippen molar-refractivity contribution in [1.29, 1.82) is 0 Å². The molecule has 0 aliphatic carbocycles. The van der Waals surface area contributed by atoms with Crippen LogP contribution in [0.15, 0.2) is 54.6 Å². The molecular formula is C19H20N2O3. The van der Waals surface area contributed by atoms with Gasteiger partial charge < -0.3 is 10.1 Å². The van der Waals surface area contributed by atoms with E-state index in [2.05, 4.69) is 29.6 Å². The Morgan fingerprint density at radius 3 is 2.46 bits per heavy atom. The molecule has 0 bridgehead atoms. The first-order valence-electron chi connectivity index (χ1n) is 7.95. The van der Waals surface area contributed by atoms with Gasteiger partial charge in [0, 0.05) is 20.0 Å². The zero-order valence-electron chi connectivity index (χ0n) is 13.6. The smallest absolute Gasteiger partial charge is 0.410 e. The fraction of sp³-hybridized carbons (Fsp3) is 0.263. The number of hydrogen-bond acceptors (Lipinski definition) is 3. The quantitative estimate of drug-likeness (QED) is 0.920. The molecule has 2 aromatic rings. The molecule has 1 fully saturated rings. The number of nitrogens with one attached hydrogen (secondary N) is 1. The Hall–Kier alpha value is -2.82. The summed E-state index contributed by atoms with van der Waals surface area (Å²) in [6.07, 6.45) is -0.336. The zero-order valence-corrected chi connectivity index (χ0v) is 13.6. The van der Waals surface area contributed by atoms with Crippen molar-refractivity contribution in [1.82, 2.24) is 10.2 Å². The summed E-state index contributed by atoms with van der Waals surface area (Å²) >= 11 is 0. The number of benzene rings is 2. The average molecular weight is 324 g/mol. The van der Waals surface area contributed by atoms with Gasteiger partial charge in [-0.05, 0) is 16.7 Å². The Bertz CT molecular complexity index is 713. The van der Waals surface area contributed by atoms with Crippen LogP contribution < -0.4 is 5.32 Å². The number of nitrogens with zero attached hydrogens (tertiary/aromatic N) is 1. The molecule has 5 nitrogen and oxygen atoms in total. The molecule has 1 unspecified atom stereocenters. The maximum absolute atomic E-state index is 11.9. The van der Waals surface area contributed by atoms with Crippen molar-refractivity contribution in [3.63, 3.8) is 0 Å². The first-order chi connectivity index (χ1) is 11.6. The van der Waals surface area contributed by atoms with E-state index in [0.717, 1.165) is 16.7 Å². The van der Waals surface area contributed by atoms with E-state index in [1.807, 2.05) is 30.3 Å². The topological polar surface area (TPSA) is 58.6 Å². The van der Waals surface area contributed by atoms with Gasteiger partial charge in [-0.1, -0.05) is 54.6 Å². The summed E-state index contributed by atoms with van der Waals surface area (Å²) in [7, 11) is 0. The van der Waals surface area contributed by atoms with E-state index in [0.29, 0.717) is 19.7 Å².